The van der Waals surface area contributed by atoms with Gasteiger partial charge in [0.1, 0.15) is 22.9 Å². The standard InChI is InChI=1S/C28H44O3/c1-10-25(2,3)16-26(4,5)17-27(6,7)18-13-22(30)24-20-15-19(29)11-12-21(20)28(8,9)31-23(24)14-18/h13-14,20-21,30H,10-12,15-17H2,1-9H3. The molecule has 1 aromatic rings. The lowest BCUT2D eigenvalue weighted by Crippen LogP contribution is -2.47. The molecule has 0 radical (unpaired) electrons. The van der Waals surface area contributed by atoms with E-state index in [-0.39, 0.29) is 28.3 Å². The zero-order valence-corrected chi connectivity index (χ0v) is 21.3. The van der Waals surface area contributed by atoms with Crippen molar-refractivity contribution in [1.82, 2.24) is 0 Å². The van der Waals surface area contributed by atoms with Crippen LogP contribution in [-0.2, 0) is 10.2 Å². The van der Waals surface area contributed by atoms with E-state index in [0.29, 0.717) is 29.8 Å². The lowest BCUT2D eigenvalue weighted by atomic mass is 9.64. The minimum Gasteiger partial charge on any atom is -0.508 e. The molecule has 2 unspecified atom stereocenters. The van der Waals surface area contributed by atoms with Crippen LogP contribution in [0.5, 0.6) is 11.5 Å². The van der Waals surface area contributed by atoms with Crippen molar-refractivity contribution in [3.8, 4) is 11.5 Å². The van der Waals surface area contributed by atoms with Gasteiger partial charge < -0.3 is 9.84 Å². The third kappa shape index (κ3) is 4.96. The van der Waals surface area contributed by atoms with Crippen LogP contribution in [0.2, 0.25) is 0 Å². The Morgan fingerprint density at radius 1 is 1.06 bits per heavy atom. The number of phenolic OH excluding ortho intramolecular Hbond substituents is 1. The first-order valence-corrected chi connectivity index (χ1v) is 12.1. The first kappa shape index (κ1) is 24.1. The number of aromatic hydroxyl groups is 1. The molecule has 174 valence electrons. The summed E-state index contributed by atoms with van der Waals surface area (Å²) >= 11 is 0. The molecule has 31 heavy (non-hydrogen) atoms. The number of carbonyl (C=O) groups is 1. The van der Waals surface area contributed by atoms with E-state index in [0.717, 1.165) is 36.1 Å². The molecule has 1 fully saturated rings. The summed E-state index contributed by atoms with van der Waals surface area (Å²) in [6.07, 6.45) is 5.32. The quantitative estimate of drug-likeness (QED) is 0.509. The Morgan fingerprint density at radius 3 is 2.32 bits per heavy atom. The second-order valence-electron chi connectivity index (χ2n) is 13.0. The van der Waals surface area contributed by atoms with Crippen LogP contribution in [0.15, 0.2) is 12.1 Å². The van der Waals surface area contributed by atoms with E-state index in [1.54, 1.807) is 0 Å². The normalized spacial score (nSPS) is 23.7. The Kier molecular flexibility index (Phi) is 6.08. The minimum atomic E-state index is -0.335. The summed E-state index contributed by atoms with van der Waals surface area (Å²) in [5.74, 6) is 1.69. The van der Waals surface area contributed by atoms with Crippen molar-refractivity contribution in [1.29, 1.82) is 0 Å². The number of ketones is 1. The molecule has 1 aliphatic carbocycles. The Bertz CT molecular complexity index is 844. The number of fused-ring (bicyclic) bond motifs is 3. The van der Waals surface area contributed by atoms with Crippen LogP contribution >= 0.6 is 0 Å². The molecule has 1 saturated carbocycles. The van der Waals surface area contributed by atoms with E-state index in [9.17, 15) is 9.90 Å². The van der Waals surface area contributed by atoms with E-state index in [2.05, 4.69) is 68.4 Å². The first-order chi connectivity index (χ1) is 14.1. The molecule has 0 aromatic heterocycles. The Hall–Kier alpha value is -1.51. The molecule has 1 heterocycles. The van der Waals surface area contributed by atoms with Gasteiger partial charge in [0.2, 0.25) is 0 Å². The summed E-state index contributed by atoms with van der Waals surface area (Å²) in [6.45, 7) is 20.5. The number of phenols is 1. The molecule has 0 bridgehead atoms. The average Bonchev–Trinajstić information content (AvgIpc) is 2.58. The number of rotatable bonds is 6. The third-order valence-corrected chi connectivity index (χ3v) is 8.04. The Labute approximate surface area is 190 Å². The van der Waals surface area contributed by atoms with E-state index in [4.69, 9.17) is 4.74 Å². The Morgan fingerprint density at radius 2 is 1.71 bits per heavy atom. The maximum absolute atomic E-state index is 12.2. The summed E-state index contributed by atoms with van der Waals surface area (Å²) < 4.78 is 6.50. The van der Waals surface area contributed by atoms with Crippen molar-refractivity contribution in [2.75, 3.05) is 0 Å². The SMILES string of the molecule is CCC(C)(C)CC(C)(C)CC(C)(C)c1cc(O)c2c(c1)OC(C)(C)C1CCC(=O)CC21. The zero-order chi connectivity index (χ0) is 23.4. The topological polar surface area (TPSA) is 46.5 Å². The molecular weight excluding hydrogens is 384 g/mol. The molecule has 1 aliphatic heterocycles. The monoisotopic (exact) mass is 428 g/mol. The van der Waals surface area contributed by atoms with Crippen LogP contribution in [0.4, 0.5) is 0 Å². The highest BCUT2D eigenvalue weighted by molar-refractivity contribution is 5.81. The van der Waals surface area contributed by atoms with Gasteiger partial charge in [-0.05, 0) is 67.1 Å². The summed E-state index contributed by atoms with van der Waals surface area (Å²) in [7, 11) is 0. The van der Waals surface area contributed by atoms with Crippen molar-refractivity contribution in [2.45, 2.75) is 118 Å². The van der Waals surface area contributed by atoms with Gasteiger partial charge in [-0.15, -0.1) is 0 Å². The molecule has 1 aromatic carbocycles. The summed E-state index contributed by atoms with van der Waals surface area (Å²) in [6, 6.07) is 4.09. The predicted octanol–water partition coefficient (Wildman–Crippen LogP) is 7.54. The van der Waals surface area contributed by atoms with Gasteiger partial charge in [0.15, 0.2) is 0 Å². The molecular formula is C28H44O3. The molecule has 0 saturated heterocycles. The van der Waals surface area contributed by atoms with E-state index < -0.39 is 0 Å². The minimum absolute atomic E-state index is 0.0546. The van der Waals surface area contributed by atoms with Gasteiger partial charge in [-0.25, -0.2) is 0 Å². The molecule has 3 rings (SSSR count). The van der Waals surface area contributed by atoms with Gasteiger partial charge in [0.05, 0.1) is 0 Å². The van der Waals surface area contributed by atoms with Crippen LogP contribution in [0.3, 0.4) is 0 Å². The second-order valence-corrected chi connectivity index (χ2v) is 13.0. The van der Waals surface area contributed by atoms with Crippen molar-refractivity contribution in [3.63, 3.8) is 0 Å². The molecule has 0 amide bonds. The smallest absolute Gasteiger partial charge is 0.133 e. The van der Waals surface area contributed by atoms with Crippen LogP contribution in [0.25, 0.3) is 0 Å². The van der Waals surface area contributed by atoms with Crippen LogP contribution in [-0.4, -0.2) is 16.5 Å². The van der Waals surface area contributed by atoms with Gasteiger partial charge in [0, 0.05) is 30.2 Å². The summed E-state index contributed by atoms with van der Waals surface area (Å²) in [5, 5.41) is 11.1. The third-order valence-electron chi connectivity index (χ3n) is 8.04. The highest BCUT2D eigenvalue weighted by Gasteiger charge is 2.48. The maximum atomic E-state index is 12.2. The van der Waals surface area contributed by atoms with Crippen molar-refractivity contribution >= 4 is 5.78 Å². The zero-order valence-electron chi connectivity index (χ0n) is 21.3. The number of Topliss-reactive ketones (excluding diaryl/α,β-unsaturated/α-hetero) is 1. The van der Waals surface area contributed by atoms with E-state index in [1.165, 1.54) is 6.42 Å². The van der Waals surface area contributed by atoms with Gasteiger partial charge in [0.25, 0.3) is 0 Å². The maximum Gasteiger partial charge on any atom is 0.133 e. The number of hydrogen-bond acceptors (Lipinski definition) is 3. The number of hydrogen-bond donors (Lipinski definition) is 1. The lowest BCUT2D eigenvalue weighted by molar-refractivity contribution is -0.124. The van der Waals surface area contributed by atoms with Crippen molar-refractivity contribution in [2.24, 2.45) is 16.7 Å². The molecule has 0 spiro atoms. The fourth-order valence-electron chi connectivity index (χ4n) is 6.74. The number of carbonyl (C=O) groups excluding carboxylic acids is 1. The highest BCUT2D eigenvalue weighted by Crippen LogP contribution is 2.55. The number of ether oxygens (including phenoxy) is 1. The summed E-state index contributed by atoms with van der Waals surface area (Å²) in [4.78, 5) is 12.2. The summed E-state index contributed by atoms with van der Waals surface area (Å²) in [5.41, 5.74) is 2.01. The fraction of sp³-hybridized carbons (Fsp3) is 0.750. The van der Waals surface area contributed by atoms with Crippen LogP contribution in [0, 0.1) is 16.7 Å². The number of benzene rings is 1. The molecule has 2 aliphatic rings. The second kappa shape index (κ2) is 7.81. The van der Waals surface area contributed by atoms with Gasteiger partial charge in [-0.2, -0.15) is 0 Å². The average molecular weight is 429 g/mol. The van der Waals surface area contributed by atoms with Crippen molar-refractivity contribution < 1.29 is 14.6 Å². The molecule has 3 heteroatoms. The predicted molar refractivity (Wildman–Crippen MR) is 128 cm³/mol. The van der Waals surface area contributed by atoms with E-state index >= 15 is 0 Å². The van der Waals surface area contributed by atoms with E-state index in [1.807, 2.05) is 6.07 Å². The van der Waals surface area contributed by atoms with Crippen molar-refractivity contribution in [3.05, 3.63) is 23.3 Å². The first-order valence-electron chi connectivity index (χ1n) is 12.1. The largest absolute Gasteiger partial charge is 0.508 e. The molecule has 1 N–H and O–H groups in total. The lowest BCUT2D eigenvalue weighted by Gasteiger charge is -2.47. The van der Waals surface area contributed by atoms with Gasteiger partial charge in [-0.3, -0.25) is 4.79 Å². The highest BCUT2D eigenvalue weighted by atomic mass is 16.5. The van der Waals surface area contributed by atoms with Crippen LogP contribution < -0.4 is 4.74 Å². The van der Waals surface area contributed by atoms with Gasteiger partial charge in [-0.1, -0.05) is 54.9 Å². The fourth-order valence-corrected chi connectivity index (χ4v) is 6.74. The van der Waals surface area contributed by atoms with Gasteiger partial charge >= 0.3 is 0 Å². The Balaban J connectivity index is 1.96. The molecule has 2 atom stereocenters. The van der Waals surface area contributed by atoms with Crippen LogP contribution in [0.1, 0.15) is 118 Å². The molecule has 3 nitrogen and oxygen atoms in total.